The first-order valence-electron chi connectivity index (χ1n) is 6.99. The van der Waals surface area contributed by atoms with Crippen molar-refractivity contribution >= 4 is 22.7 Å². The van der Waals surface area contributed by atoms with Crippen LogP contribution in [0.2, 0.25) is 0 Å². The summed E-state index contributed by atoms with van der Waals surface area (Å²) in [6.45, 7) is 3.21. The van der Waals surface area contributed by atoms with E-state index in [1.165, 1.54) is 25.7 Å². The number of anilines is 2. The van der Waals surface area contributed by atoms with Crippen molar-refractivity contribution in [3.8, 4) is 0 Å². The number of aromatic nitrogens is 2. The molecule has 4 heteroatoms. The third-order valence-corrected chi connectivity index (χ3v) is 4.39. The Kier molecular flexibility index (Phi) is 3.01. The quantitative estimate of drug-likeness (QED) is 0.881. The number of para-hydroxylation sites is 2. The Hall–Kier alpha value is -1.84. The number of hydrogen-bond donors (Lipinski definition) is 2. The SMILES string of the molecule is CCC1(CNc2nc3ccccc3nc2N)CCC1. The van der Waals surface area contributed by atoms with E-state index in [1.807, 2.05) is 24.3 Å². The van der Waals surface area contributed by atoms with Gasteiger partial charge in [0.15, 0.2) is 11.6 Å². The van der Waals surface area contributed by atoms with Gasteiger partial charge in [-0.05, 0) is 36.8 Å². The number of nitrogens with two attached hydrogens (primary N) is 1. The van der Waals surface area contributed by atoms with Gasteiger partial charge in [-0.15, -0.1) is 0 Å². The van der Waals surface area contributed by atoms with Crippen molar-refractivity contribution in [3.05, 3.63) is 24.3 Å². The smallest absolute Gasteiger partial charge is 0.169 e. The number of nitrogens with zero attached hydrogens (tertiary/aromatic N) is 2. The molecule has 0 amide bonds. The highest BCUT2D eigenvalue weighted by Gasteiger charge is 2.34. The molecule has 1 aliphatic carbocycles. The van der Waals surface area contributed by atoms with Gasteiger partial charge in [0, 0.05) is 6.54 Å². The molecule has 19 heavy (non-hydrogen) atoms. The Balaban J connectivity index is 1.82. The van der Waals surface area contributed by atoms with Crippen LogP contribution >= 0.6 is 0 Å². The average Bonchev–Trinajstić information content (AvgIpc) is 2.38. The van der Waals surface area contributed by atoms with Gasteiger partial charge in [-0.25, -0.2) is 9.97 Å². The van der Waals surface area contributed by atoms with Gasteiger partial charge < -0.3 is 11.1 Å². The van der Waals surface area contributed by atoms with E-state index in [1.54, 1.807) is 0 Å². The van der Waals surface area contributed by atoms with Crippen LogP contribution in [0, 0.1) is 5.41 Å². The molecule has 3 rings (SSSR count). The normalized spacial score (nSPS) is 17.1. The molecule has 2 aromatic rings. The molecular formula is C15H20N4. The van der Waals surface area contributed by atoms with Gasteiger partial charge in [-0.1, -0.05) is 25.5 Å². The zero-order valence-corrected chi connectivity index (χ0v) is 11.3. The van der Waals surface area contributed by atoms with E-state index in [0.717, 1.165) is 23.4 Å². The van der Waals surface area contributed by atoms with Gasteiger partial charge in [-0.3, -0.25) is 0 Å². The molecule has 3 N–H and O–H groups in total. The molecule has 1 heterocycles. The fourth-order valence-electron chi connectivity index (χ4n) is 2.75. The fraction of sp³-hybridized carbons (Fsp3) is 0.467. The van der Waals surface area contributed by atoms with E-state index in [0.29, 0.717) is 11.2 Å². The van der Waals surface area contributed by atoms with Crippen LogP contribution < -0.4 is 11.1 Å². The Morgan fingerprint density at radius 2 is 1.89 bits per heavy atom. The maximum absolute atomic E-state index is 5.98. The molecule has 0 atom stereocenters. The number of hydrogen-bond acceptors (Lipinski definition) is 4. The van der Waals surface area contributed by atoms with E-state index in [2.05, 4.69) is 22.2 Å². The standard InChI is InChI=1S/C15H20N4/c1-2-15(8-5-9-15)10-17-14-13(16)18-11-6-3-4-7-12(11)19-14/h3-4,6-7H,2,5,8-10H2,1H3,(H2,16,18)(H,17,19). The summed E-state index contributed by atoms with van der Waals surface area (Å²) in [7, 11) is 0. The zero-order chi connectivity index (χ0) is 13.3. The Morgan fingerprint density at radius 3 is 2.47 bits per heavy atom. The maximum atomic E-state index is 5.98. The summed E-state index contributed by atoms with van der Waals surface area (Å²) in [4.78, 5) is 8.97. The van der Waals surface area contributed by atoms with E-state index in [9.17, 15) is 0 Å². The lowest BCUT2D eigenvalue weighted by atomic mass is 9.67. The van der Waals surface area contributed by atoms with Crippen molar-refractivity contribution < 1.29 is 0 Å². The lowest BCUT2D eigenvalue weighted by Gasteiger charge is -2.41. The summed E-state index contributed by atoms with van der Waals surface area (Å²) in [5, 5.41) is 3.40. The summed E-state index contributed by atoms with van der Waals surface area (Å²) in [6, 6.07) is 7.81. The highest BCUT2D eigenvalue weighted by molar-refractivity contribution is 5.79. The number of benzene rings is 1. The lowest BCUT2D eigenvalue weighted by Crippen LogP contribution is -2.36. The molecule has 4 nitrogen and oxygen atoms in total. The number of fused-ring (bicyclic) bond motifs is 1. The Labute approximate surface area is 113 Å². The molecule has 1 fully saturated rings. The van der Waals surface area contributed by atoms with Crippen LogP contribution in [0.5, 0.6) is 0 Å². The molecule has 1 aliphatic rings. The fourth-order valence-corrected chi connectivity index (χ4v) is 2.75. The first-order chi connectivity index (χ1) is 9.22. The first kappa shape index (κ1) is 12.2. The molecule has 0 radical (unpaired) electrons. The number of nitrogens with one attached hydrogen (secondary N) is 1. The van der Waals surface area contributed by atoms with E-state index < -0.39 is 0 Å². The summed E-state index contributed by atoms with van der Waals surface area (Å²) in [5.41, 5.74) is 8.16. The van der Waals surface area contributed by atoms with Crippen LogP contribution in [0.25, 0.3) is 11.0 Å². The molecule has 0 bridgehead atoms. The second-order valence-corrected chi connectivity index (χ2v) is 5.51. The molecule has 1 saturated carbocycles. The average molecular weight is 256 g/mol. The second-order valence-electron chi connectivity index (χ2n) is 5.51. The monoisotopic (exact) mass is 256 g/mol. The van der Waals surface area contributed by atoms with Crippen molar-refractivity contribution in [1.82, 2.24) is 9.97 Å². The van der Waals surface area contributed by atoms with E-state index in [-0.39, 0.29) is 0 Å². The minimum absolute atomic E-state index is 0.444. The molecule has 0 unspecified atom stereocenters. The zero-order valence-electron chi connectivity index (χ0n) is 11.3. The minimum Gasteiger partial charge on any atom is -0.381 e. The van der Waals surface area contributed by atoms with Gasteiger partial charge in [0.25, 0.3) is 0 Å². The predicted octanol–water partition coefficient (Wildman–Crippen LogP) is 3.20. The van der Waals surface area contributed by atoms with Gasteiger partial charge in [0.2, 0.25) is 0 Å². The summed E-state index contributed by atoms with van der Waals surface area (Å²) < 4.78 is 0. The second kappa shape index (κ2) is 4.68. The number of rotatable bonds is 4. The van der Waals surface area contributed by atoms with Crippen molar-refractivity contribution in [2.75, 3.05) is 17.6 Å². The first-order valence-corrected chi connectivity index (χ1v) is 6.99. The van der Waals surface area contributed by atoms with Gasteiger partial charge >= 0.3 is 0 Å². The van der Waals surface area contributed by atoms with Crippen molar-refractivity contribution in [2.24, 2.45) is 5.41 Å². The maximum Gasteiger partial charge on any atom is 0.169 e. The van der Waals surface area contributed by atoms with E-state index in [4.69, 9.17) is 5.73 Å². The molecule has 1 aromatic heterocycles. The van der Waals surface area contributed by atoms with Gasteiger partial charge in [0.05, 0.1) is 11.0 Å². The van der Waals surface area contributed by atoms with Crippen LogP contribution in [0.15, 0.2) is 24.3 Å². The molecular weight excluding hydrogens is 236 g/mol. The predicted molar refractivity (Wildman–Crippen MR) is 79.0 cm³/mol. The molecule has 100 valence electrons. The van der Waals surface area contributed by atoms with Gasteiger partial charge in [0.1, 0.15) is 0 Å². The summed E-state index contributed by atoms with van der Waals surface area (Å²) in [6.07, 6.45) is 5.16. The van der Waals surface area contributed by atoms with Crippen LogP contribution in [-0.2, 0) is 0 Å². The Bertz CT molecular complexity index is 584. The van der Waals surface area contributed by atoms with Crippen LogP contribution in [0.1, 0.15) is 32.6 Å². The van der Waals surface area contributed by atoms with Crippen LogP contribution in [-0.4, -0.2) is 16.5 Å². The van der Waals surface area contributed by atoms with Gasteiger partial charge in [-0.2, -0.15) is 0 Å². The highest BCUT2D eigenvalue weighted by Crippen LogP contribution is 2.43. The Morgan fingerprint density at radius 1 is 1.21 bits per heavy atom. The third kappa shape index (κ3) is 2.23. The van der Waals surface area contributed by atoms with Crippen molar-refractivity contribution in [1.29, 1.82) is 0 Å². The lowest BCUT2D eigenvalue weighted by molar-refractivity contribution is 0.145. The summed E-state index contributed by atoms with van der Waals surface area (Å²) in [5.74, 6) is 1.21. The molecule has 1 aromatic carbocycles. The van der Waals surface area contributed by atoms with Crippen molar-refractivity contribution in [2.45, 2.75) is 32.6 Å². The third-order valence-electron chi connectivity index (χ3n) is 4.39. The molecule has 0 saturated heterocycles. The largest absolute Gasteiger partial charge is 0.381 e. The molecule has 0 spiro atoms. The van der Waals surface area contributed by atoms with Crippen molar-refractivity contribution in [3.63, 3.8) is 0 Å². The minimum atomic E-state index is 0.444. The van der Waals surface area contributed by atoms with Crippen LogP contribution in [0.3, 0.4) is 0 Å². The van der Waals surface area contributed by atoms with E-state index >= 15 is 0 Å². The molecule has 0 aliphatic heterocycles. The topological polar surface area (TPSA) is 63.8 Å². The summed E-state index contributed by atoms with van der Waals surface area (Å²) >= 11 is 0. The number of nitrogen functional groups attached to an aromatic ring is 1. The van der Waals surface area contributed by atoms with Crippen LogP contribution in [0.4, 0.5) is 11.6 Å². The highest BCUT2D eigenvalue weighted by atomic mass is 15.1.